The minimum absolute atomic E-state index is 0.144. The topological polar surface area (TPSA) is 38.3 Å². The highest BCUT2D eigenvalue weighted by molar-refractivity contribution is 5.66. The van der Waals surface area contributed by atoms with Crippen molar-refractivity contribution in [3.8, 4) is 0 Å². The van der Waals surface area contributed by atoms with E-state index in [2.05, 4.69) is 5.32 Å². The second-order valence-electron chi connectivity index (χ2n) is 3.78. The summed E-state index contributed by atoms with van der Waals surface area (Å²) in [5, 5.41) is 3.47. The Morgan fingerprint density at radius 3 is 3.00 bits per heavy atom. The highest BCUT2D eigenvalue weighted by Crippen LogP contribution is 2.28. The Morgan fingerprint density at radius 2 is 2.33 bits per heavy atom. The predicted octanol–water partition coefficient (Wildman–Crippen LogP) is 0.833. The van der Waals surface area contributed by atoms with E-state index in [4.69, 9.17) is 4.74 Å². The fourth-order valence-corrected chi connectivity index (χ4v) is 2.32. The summed E-state index contributed by atoms with van der Waals surface area (Å²) in [6.45, 7) is 1.49. The zero-order chi connectivity index (χ0) is 8.55. The average Bonchev–Trinajstić information content (AvgIpc) is 2.26. The van der Waals surface area contributed by atoms with E-state index in [0.29, 0.717) is 12.1 Å². The van der Waals surface area contributed by atoms with E-state index in [1.54, 1.807) is 0 Å². The van der Waals surface area contributed by atoms with Gasteiger partial charge in [-0.1, -0.05) is 6.42 Å². The van der Waals surface area contributed by atoms with Gasteiger partial charge in [-0.2, -0.15) is 0 Å². The van der Waals surface area contributed by atoms with Gasteiger partial charge in [-0.15, -0.1) is 0 Å². The van der Waals surface area contributed by atoms with Gasteiger partial charge in [0.2, 0.25) is 0 Å². The summed E-state index contributed by atoms with van der Waals surface area (Å²) < 4.78 is 5.22. The van der Waals surface area contributed by atoms with E-state index >= 15 is 0 Å². The summed E-state index contributed by atoms with van der Waals surface area (Å²) in [6, 6.07) is 1.04. The molecule has 1 N–H and O–H groups in total. The molecular formula is C9H15NO2. The van der Waals surface area contributed by atoms with Crippen molar-refractivity contribution in [2.45, 2.75) is 50.8 Å². The standard InChI is InChI=1S/C9H15NO2/c1-6(11)12-9-5-7-3-2-4-8(9)10-7/h7-10H,2-5H2,1H3/t7-,8+,9-/m1/s1. The Balaban J connectivity index is 1.95. The van der Waals surface area contributed by atoms with Gasteiger partial charge in [-0.05, 0) is 12.8 Å². The number of hydrogen-bond acceptors (Lipinski definition) is 3. The fourth-order valence-electron chi connectivity index (χ4n) is 2.32. The first-order valence-corrected chi connectivity index (χ1v) is 4.69. The van der Waals surface area contributed by atoms with Crippen LogP contribution in [0.4, 0.5) is 0 Å². The van der Waals surface area contributed by atoms with Gasteiger partial charge >= 0.3 is 5.97 Å². The van der Waals surface area contributed by atoms with Crippen LogP contribution in [0, 0.1) is 0 Å². The second-order valence-corrected chi connectivity index (χ2v) is 3.78. The van der Waals surface area contributed by atoms with Gasteiger partial charge in [0, 0.05) is 25.4 Å². The first-order chi connectivity index (χ1) is 5.75. The molecular weight excluding hydrogens is 154 g/mol. The number of rotatable bonds is 1. The van der Waals surface area contributed by atoms with Crippen molar-refractivity contribution in [2.24, 2.45) is 0 Å². The third kappa shape index (κ3) is 1.46. The number of ether oxygens (including phenoxy) is 1. The van der Waals surface area contributed by atoms with E-state index < -0.39 is 0 Å². The molecule has 68 valence electrons. The molecule has 0 aliphatic carbocycles. The van der Waals surface area contributed by atoms with Crippen LogP contribution in [0.15, 0.2) is 0 Å². The summed E-state index contributed by atoms with van der Waals surface area (Å²) in [4.78, 5) is 10.7. The molecule has 0 radical (unpaired) electrons. The number of fused-ring (bicyclic) bond motifs is 2. The molecule has 2 saturated heterocycles. The summed E-state index contributed by atoms with van der Waals surface area (Å²) in [7, 11) is 0. The molecule has 0 unspecified atom stereocenters. The van der Waals surface area contributed by atoms with Crippen LogP contribution < -0.4 is 5.32 Å². The number of hydrogen-bond donors (Lipinski definition) is 1. The Morgan fingerprint density at radius 1 is 1.50 bits per heavy atom. The molecule has 2 aliphatic rings. The number of nitrogens with one attached hydrogen (secondary N) is 1. The van der Waals surface area contributed by atoms with Crippen molar-refractivity contribution in [2.75, 3.05) is 0 Å². The van der Waals surface area contributed by atoms with Gasteiger partial charge in [0.15, 0.2) is 0 Å². The highest BCUT2D eigenvalue weighted by atomic mass is 16.5. The molecule has 0 spiro atoms. The van der Waals surface area contributed by atoms with E-state index in [1.165, 1.54) is 19.8 Å². The number of carbonyl (C=O) groups is 1. The Bertz CT molecular complexity index is 193. The molecule has 2 bridgehead atoms. The van der Waals surface area contributed by atoms with Gasteiger partial charge in [0.05, 0.1) is 0 Å². The van der Waals surface area contributed by atoms with Crippen LogP contribution in [-0.2, 0) is 9.53 Å². The Hall–Kier alpha value is -0.570. The van der Waals surface area contributed by atoms with Crippen molar-refractivity contribution in [1.29, 1.82) is 0 Å². The molecule has 3 atom stereocenters. The van der Waals surface area contributed by atoms with Crippen molar-refractivity contribution in [3.05, 3.63) is 0 Å². The van der Waals surface area contributed by atoms with Gasteiger partial charge in [0.1, 0.15) is 6.10 Å². The molecule has 12 heavy (non-hydrogen) atoms. The van der Waals surface area contributed by atoms with Crippen LogP contribution in [0.25, 0.3) is 0 Å². The van der Waals surface area contributed by atoms with Crippen LogP contribution >= 0.6 is 0 Å². The highest BCUT2D eigenvalue weighted by Gasteiger charge is 2.38. The van der Waals surface area contributed by atoms with Gasteiger partial charge in [-0.25, -0.2) is 0 Å². The molecule has 2 aliphatic heterocycles. The molecule has 0 amide bonds. The lowest BCUT2D eigenvalue weighted by Crippen LogP contribution is -2.38. The number of piperidine rings is 1. The predicted molar refractivity (Wildman–Crippen MR) is 44.7 cm³/mol. The molecule has 2 rings (SSSR count). The second kappa shape index (κ2) is 3.05. The lowest BCUT2D eigenvalue weighted by atomic mass is 10.1. The van der Waals surface area contributed by atoms with E-state index in [9.17, 15) is 4.79 Å². The lowest BCUT2D eigenvalue weighted by Gasteiger charge is -2.22. The molecule has 2 heterocycles. The zero-order valence-corrected chi connectivity index (χ0v) is 7.38. The number of carbonyl (C=O) groups excluding carboxylic acids is 1. The van der Waals surface area contributed by atoms with Gasteiger partial charge < -0.3 is 10.1 Å². The molecule has 3 nitrogen and oxygen atoms in total. The monoisotopic (exact) mass is 169 g/mol. The van der Waals surface area contributed by atoms with Crippen LogP contribution in [-0.4, -0.2) is 24.2 Å². The quantitative estimate of drug-likeness (QED) is 0.591. The van der Waals surface area contributed by atoms with Crippen molar-refractivity contribution < 1.29 is 9.53 Å². The molecule has 0 aromatic carbocycles. The van der Waals surface area contributed by atoms with Crippen molar-refractivity contribution in [1.82, 2.24) is 5.32 Å². The van der Waals surface area contributed by atoms with Crippen molar-refractivity contribution >= 4 is 5.97 Å². The minimum Gasteiger partial charge on any atom is -0.461 e. The summed E-state index contributed by atoms with van der Waals surface area (Å²) >= 11 is 0. The van der Waals surface area contributed by atoms with Crippen LogP contribution in [0.2, 0.25) is 0 Å². The molecule has 0 aromatic heterocycles. The maximum absolute atomic E-state index is 10.7. The number of esters is 1. The van der Waals surface area contributed by atoms with Gasteiger partial charge in [-0.3, -0.25) is 4.79 Å². The molecule has 3 heteroatoms. The average molecular weight is 169 g/mol. The fraction of sp³-hybridized carbons (Fsp3) is 0.889. The van der Waals surface area contributed by atoms with E-state index in [1.807, 2.05) is 0 Å². The Labute approximate surface area is 72.5 Å². The Kier molecular flexibility index (Phi) is 2.05. The SMILES string of the molecule is CC(=O)O[C@@H]1C[C@H]2CCC[C@@H]1N2. The summed E-state index contributed by atoms with van der Waals surface area (Å²) in [5.41, 5.74) is 0. The van der Waals surface area contributed by atoms with Gasteiger partial charge in [0.25, 0.3) is 0 Å². The zero-order valence-electron chi connectivity index (χ0n) is 7.38. The van der Waals surface area contributed by atoms with Crippen molar-refractivity contribution in [3.63, 3.8) is 0 Å². The lowest BCUT2D eigenvalue weighted by molar-refractivity contribution is -0.146. The van der Waals surface area contributed by atoms with E-state index in [0.717, 1.165) is 12.8 Å². The first kappa shape index (κ1) is 8.05. The minimum atomic E-state index is -0.144. The van der Waals surface area contributed by atoms with E-state index in [-0.39, 0.29) is 12.1 Å². The third-order valence-electron chi connectivity index (χ3n) is 2.80. The normalized spacial score (nSPS) is 39.6. The largest absolute Gasteiger partial charge is 0.461 e. The smallest absolute Gasteiger partial charge is 0.302 e. The van der Waals surface area contributed by atoms with Crippen LogP contribution in [0.3, 0.4) is 0 Å². The maximum Gasteiger partial charge on any atom is 0.302 e. The molecule has 0 aromatic rings. The first-order valence-electron chi connectivity index (χ1n) is 4.69. The third-order valence-corrected chi connectivity index (χ3v) is 2.80. The van der Waals surface area contributed by atoms with Crippen LogP contribution in [0.1, 0.15) is 32.6 Å². The maximum atomic E-state index is 10.7. The summed E-state index contributed by atoms with van der Waals surface area (Å²) in [5.74, 6) is -0.144. The molecule has 0 saturated carbocycles. The summed E-state index contributed by atoms with van der Waals surface area (Å²) in [6.07, 6.45) is 4.85. The molecule has 2 fully saturated rings. The van der Waals surface area contributed by atoms with Crippen LogP contribution in [0.5, 0.6) is 0 Å².